The van der Waals surface area contributed by atoms with Crippen molar-refractivity contribution >= 4 is 16.0 Å². The molecule has 8 nitrogen and oxygen atoms in total. The molecule has 100 valence electrons. The first-order chi connectivity index (χ1) is 7.93. The van der Waals surface area contributed by atoms with Crippen LogP contribution < -0.4 is 11.4 Å². The largest absolute Gasteiger partial charge is 0.356 e. The van der Waals surface area contributed by atoms with Gasteiger partial charge in [-0.05, 0) is 0 Å². The van der Waals surface area contributed by atoms with Crippen LogP contribution in [0, 0.1) is 0 Å². The van der Waals surface area contributed by atoms with E-state index in [1.54, 1.807) is 0 Å². The normalized spacial score (nSPS) is 19.2. The molecule has 0 aromatic carbocycles. The quantitative estimate of drug-likeness (QED) is 0.433. The van der Waals surface area contributed by atoms with Crippen LogP contribution in [0.1, 0.15) is 6.42 Å². The van der Waals surface area contributed by atoms with Gasteiger partial charge in [-0.25, -0.2) is 14.3 Å². The van der Waals surface area contributed by atoms with Gasteiger partial charge in [0.1, 0.15) is 0 Å². The lowest BCUT2D eigenvalue weighted by molar-refractivity contribution is -0.151. The van der Waals surface area contributed by atoms with Crippen LogP contribution in [0.25, 0.3) is 0 Å². The maximum absolute atomic E-state index is 11.3. The number of hydrogen-bond donors (Lipinski definition) is 2. The summed E-state index contributed by atoms with van der Waals surface area (Å²) < 4.78 is 23.9. The molecule has 1 aliphatic heterocycles. The lowest BCUT2D eigenvalue weighted by atomic mass is 10.3. The summed E-state index contributed by atoms with van der Waals surface area (Å²) in [6.45, 7) is 2.71. The Bertz CT molecular complexity index is 351. The van der Waals surface area contributed by atoms with Crippen molar-refractivity contribution in [3.05, 3.63) is 0 Å². The molecule has 0 aromatic heterocycles. The number of hydrazine groups is 1. The van der Waals surface area contributed by atoms with Crippen LogP contribution in [0.3, 0.4) is 0 Å². The molecule has 0 amide bonds. The molecule has 0 spiro atoms. The van der Waals surface area contributed by atoms with Gasteiger partial charge in [-0.15, -0.1) is 0 Å². The third kappa shape index (κ3) is 4.96. The van der Waals surface area contributed by atoms with Crippen LogP contribution in [0.5, 0.6) is 0 Å². The van der Waals surface area contributed by atoms with Crippen molar-refractivity contribution in [1.82, 2.24) is 14.8 Å². The van der Waals surface area contributed by atoms with E-state index in [1.165, 1.54) is 10.6 Å². The molecular weight excluding hydrogens is 248 g/mol. The van der Waals surface area contributed by atoms with E-state index < -0.39 is 16.0 Å². The summed E-state index contributed by atoms with van der Waals surface area (Å²) in [5.41, 5.74) is 1.83. The Balaban J connectivity index is 2.26. The Kier molecular flexibility index (Phi) is 5.28. The third-order valence-electron chi connectivity index (χ3n) is 2.61. The van der Waals surface area contributed by atoms with Gasteiger partial charge in [0.2, 0.25) is 10.0 Å². The maximum Gasteiger partial charge on any atom is 0.327 e. The number of nitrogens with two attached hydrogens (primary N) is 1. The first-order valence-electron chi connectivity index (χ1n) is 5.26. The van der Waals surface area contributed by atoms with E-state index in [0.29, 0.717) is 32.7 Å². The molecule has 1 aliphatic rings. The first kappa shape index (κ1) is 14.3. The molecule has 1 saturated heterocycles. The summed E-state index contributed by atoms with van der Waals surface area (Å²) in [5, 5.41) is 0. The summed E-state index contributed by atoms with van der Waals surface area (Å²) >= 11 is 0. The van der Waals surface area contributed by atoms with Crippen LogP contribution >= 0.6 is 0 Å². The second-order valence-electron chi connectivity index (χ2n) is 3.85. The molecule has 0 radical (unpaired) electrons. The molecule has 9 heteroatoms. The van der Waals surface area contributed by atoms with Gasteiger partial charge >= 0.3 is 5.97 Å². The second-order valence-corrected chi connectivity index (χ2v) is 5.83. The summed E-state index contributed by atoms with van der Waals surface area (Å²) in [6, 6.07) is 0. The fourth-order valence-electron chi connectivity index (χ4n) is 1.65. The molecule has 1 rings (SSSR count). The average Bonchev–Trinajstić information content (AvgIpc) is 2.26. The number of nitrogens with one attached hydrogen (secondary N) is 1. The molecule has 0 aliphatic carbocycles. The minimum absolute atomic E-state index is 0.225. The number of nitrogens with zero attached hydrogens (tertiary/aromatic N) is 2. The zero-order valence-corrected chi connectivity index (χ0v) is 10.6. The number of carbonyl (C=O) groups is 1. The smallest absolute Gasteiger partial charge is 0.327 e. The summed E-state index contributed by atoms with van der Waals surface area (Å²) in [6.07, 6.45) is 1.43. The molecule has 0 atom stereocenters. The van der Waals surface area contributed by atoms with Crippen molar-refractivity contribution < 1.29 is 18.0 Å². The number of rotatable bonds is 5. The highest BCUT2D eigenvalue weighted by molar-refractivity contribution is 7.88. The van der Waals surface area contributed by atoms with Crippen molar-refractivity contribution in [2.45, 2.75) is 6.42 Å². The van der Waals surface area contributed by atoms with Crippen molar-refractivity contribution in [2.24, 2.45) is 5.84 Å². The maximum atomic E-state index is 11.3. The lowest BCUT2D eigenvalue weighted by Crippen LogP contribution is -2.48. The molecule has 0 bridgehead atoms. The summed E-state index contributed by atoms with van der Waals surface area (Å²) in [5.74, 6) is 4.39. The number of hydrogen-bond acceptors (Lipinski definition) is 7. The van der Waals surface area contributed by atoms with E-state index in [4.69, 9.17) is 5.84 Å². The molecule has 1 heterocycles. The molecule has 3 N–H and O–H groups in total. The molecule has 0 saturated carbocycles. The zero-order valence-electron chi connectivity index (χ0n) is 9.76. The van der Waals surface area contributed by atoms with Crippen LogP contribution in [-0.2, 0) is 19.7 Å². The predicted octanol–water partition coefficient (Wildman–Crippen LogP) is -2.12. The van der Waals surface area contributed by atoms with Gasteiger partial charge in [0.25, 0.3) is 0 Å². The van der Waals surface area contributed by atoms with E-state index in [1.807, 2.05) is 10.5 Å². The number of piperazine rings is 1. The fraction of sp³-hybridized carbons (Fsp3) is 0.875. The number of sulfonamides is 1. The molecule has 1 fully saturated rings. The van der Waals surface area contributed by atoms with E-state index in [2.05, 4.69) is 4.84 Å². The lowest BCUT2D eigenvalue weighted by Gasteiger charge is -2.32. The van der Waals surface area contributed by atoms with Crippen molar-refractivity contribution in [2.75, 3.05) is 39.0 Å². The summed E-state index contributed by atoms with van der Waals surface area (Å²) in [4.78, 5) is 17.4. The Labute approximate surface area is 101 Å². The monoisotopic (exact) mass is 266 g/mol. The van der Waals surface area contributed by atoms with E-state index >= 15 is 0 Å². The van der Waals surface area contributed by atoms with Crippen LogP contribution in [0.2, 0.25) is 0 Å². The third-order valence-corrected chi connectivity index (χ3v) is 3.91. The summed E-state index contributed by atoms with van der Waals surface area (Å²) in [7, 11) is -3.10. The Hall–Kier alpha value is -0.740. The molecule has 17 heavy (non-hydrogen) atoms. The van der Waals surface area contributed by atoms with Gasteiger partial charge < -0.3 is 9.74 Å². The van der Waals surface area contributed by atoms with Crippen molar-refractivity contribution in [3.63, 3.8) is 0 Å². The van der Waals surface area contributed by atoms with Gasteiger partial charge in [0, 0.05) is 32.7 Å². The molecule has 0 unspecified atom stereocenters. The van der Waals surface area contributed by atoms with Gasteiger partial charge in [0.05, 0.1) is 12.7 Å². The van der Waals surface area contributed by atoms with Crippen LogP contribution in [0.15, 0.2) is 0 Å². The van der Waals surface area contributed by atoms with Crippen LogP contribution in [0.4, 0.5) is 0 Å². The zero-order chi connectivity index (χ0) is 12.9. The Morgan fingerprint density at radius 3 is 2.41 bits per heavy atom. The van der Waals surface area contributed by atoms with Crippen molar-refractivity contribution in [3.8, 4) is 0 Å². The Morgan fingerprint density at radius 2 is 1.94 bits per heavy atom. The highest BCUT2D eigenvalue weighted by Crippen LogP contribution is 2.06. The highest BCUT2D eigenvalue weighted by atomic mass is 32.2. The minimum atomic E-state index is -3.10. The number of carbonyl (C=O) groups excluding carboxylic acids is 1. The standard InChI is InChI=1S/C8H18N4O4S/c1-17(14,15)12-6-4-11(5-7-12)3-2-8(13)16-10-9/h10H,2-7,9H2,1H3. The first-order valence-corrected chi connectivity index (χ1v) is 7.11. The van der Waals surface area contributed by atoms with Gasteiger partial charge in [0.15, 0.2) is 0 Å². The predicted molar refractivity (Wildman–Crippen MR) is 60.9 cm³/mol. The topological polar surface area (TPSA) is 105 Å². The van der Waals surface area contributed by atoms with Gasteiger partial charge in [-0.2, -0.15) is 4.31 Å². The highest BCUT2D eigenvalue weighted by Gasteiger charge is 2.23. The molecule has 0 aromatic rings. The van der Waals surface area contributed by atoms with E-state index in [9.17, 15) is 13.2 Å². The van der Waals surface area contributed by atoms with Gasteiger partial charge in [-0.3, -0.25) is 4.79 Å². The second kappa shape index (κ2) is 6.26. The van der Waals surface area contributed by atoms with Crippen molar-refractivity contribution in [1.29, 1.82) is 0 Å². The van der Waals surface area contributed by atoms with E-state index in [-0.39, 0.29) is 6.42 Å². The SMILES string of the molecule is CS(=O)(=O)N1CCN(CCC(=O)ONN)CC1. The molecular formula is C8H18N4O4S. The fourth-order valence-corrected chi connectivity index (χ4v) is 2.48. The Morgan fingerprint density at radius 1 is 1.35 bits per heavy atom. The minimum Gasteiger partial charge on any atom is -0.356 e. The van der Waals surface area contributed by atoms with E-state index in [0.717, 1.165) is 0 Å². The van der Waals surface area contributed by atoms with Crippen LogP contribution in [-0.4, -0.2) is 62.6 Å². The van der Waals surface area contributed by atoms with Gasteiger partial charge in [-0.1, -0.05) is 5.59 Å². The average molecular weight is 266 g/mol.